The minimum absolute atomic E-state index is 0.223. The maximum absolute atomic E-state index is 13.0. The van der Waals surface area contributed by atoms with Gasteiger partial charge in [0.05, 0.1) is 20.1 Å². The van der Waals surface area contributed by atoms with E-state index in [-0.39, 0.29) is 18.5 Å². The third kappa shape index (κ3) is 5.27. The van der Waals surface area contributed by atoms with Crippen LogP contribution in [0.1, 0.15) is 18.1 Å². The molecule has 0 aliphatic carbocycles. The first-order chi connectivity index (χ1) is 14.7. The topological polar surface area (TPSA) is 118 Å². The van der Waals surface area contributed by atoms with Crippen molar-refractivity contribution < 1.29 is 22.7 Å². The molecular weight excluding hydrogens is 420 g/mol. The van der Waals surface area contributed by atoms with Crippen molar-refractivity contribution >= 4 is 21.6 Å². The molecule has 2 aromatic rings. The van der Waals surface area contributed by atoms with Crippen molar-refractivity contribution in [3.63, 3.8) is 0 Å². The molecule has 0 bridgehead atoms. The molecular formula is C21H28N4O5S. The zero-order valence-electron chi connectivity index (χ0n) is 17.9. The number of hydrogen-bond donors (Lipinski definition) is 4. The fourth-order valence-electron chi connectivity index (χ4n) is 3.44. The van der Waals surface area contributed by atoms with Crippen molar-refractivity contribution in [2.75, 3.05) is 18.9 Å². The van der Waals surface area contributed by atoms with Crippen molar-refractivity contribution in [3.8, 4) is 11.5 Å². The van der Waals surface area contributed by atoms with Crippen molar-refractivity contribution in [1.82, 2.24) is 16.2 Å². The van der Waals surface area contributed by atoms with Crippen LogP contribution in [0.15, 0.2) is 42.5 Å². The van der Waals surface area contributed by atoms with E-state index < -0.39 is 21.3 Å². The molecule has 2 aromatic carbocycles. The Kier molecular flexibility index (Phi) is 7.04. The third-order valence-electron chi connectivity index (χ3n) is 5.18. The standard InChI is InChI=1S/C21H28N4O5S/c1-13-5-8-16(9-6-13)25-31(27,28)21-19(14(2)23-24-21)20(26)22-12-15-7-10-17(29-3)18(11-15)30-4/h5-11,14,19,21,23-25H,12H2,1-4H3,(H,22,26). The number of sulfonamides is 1. The van der Waals surface area contributed by atoms with Crippen LogP contribution in [0, 0.1) is 12.8 Å². The smallest absolute Gasteiger partial charge is 0.250 e. The normalized spacial score (nSPS) is 20.8. The number of aryl methyl sites for hydroxylation is 1. The van der Waals surface area contributed by atoms with Gasteiger partial charge in [-0.15, -0.1) is 0 Å². The Morgan fingerprint density at radius 2 is 1.71 bits per heavy atom. The largest absolute Gasteiger partial charge is 0.493 e. The summed E-state index contributed by atoms with van der Waals surface area (Å²) < 4.78 is 39.0. The number of amides is 1. The average Bonchev–Trinajstić information content (AvgIpc) is 3.15. The van der Waals surface area contributed by atoms with E-state index in [1.54, 1.807) is 38.3 Å². The Balaban J connectivity index is 1.70. The van der Waals surface area contributed by atoms with Gasteiger partial charge in [0, 0.05) is 18.3 Å². The number of carbonyl (C=O) groups is 1. The van der Waals surface area contributed by atoms with Gasteiger partial charge < -0.3 is 14.8 Å². The first-order valence-corrected chi connectivity index (χ1v) is 11.4. The number of hydrazine groups is 1. The lowest BCUT2D eigenvalue weighted by Crippen LogP contribution is -2.47. The van der Waals surface area contributed by atoms with Crippen LogP contribution < -0.4 is 30.4 Å². The molecule has 1 heterocycles. The molecule has 0 spiro atoms. The summed E-state index contributed by atoms with van der Waals surface area (Å²) in [5.41, 5.74) is 7.87. The van der Waals surface area contributed by atoms with Gasteiger partial charge in [-0.3, -0.25) is 14.9 Å². The summed E-state index contributed by atoms with van der Waals surface area (Å²) in [6, 6.07) is 11.9. The van der Waals surface area contributed by atoms with Crippen LogP contribution in [0.2, 0.25) is 0 Å². The molecule has 0 saturated carbocycles. The lowest BCUT2D eigenvalue weighted by atomic mass is 10.0. The molecule has 3 rings (SSSR count). The van der Waals surface area contributed by atoms with Gasteiger partial charge in [0.2, 0.25) is 5.91 Å². The quantitative estimate of drug-likeness (QED) is 0.483. The molecule has 1 amide bonds. The van der Waals surface area contributed by atoms with Gasteiger partial charge in [-0.05, 0) is 43.7 Å². The molecule has 1 fully saturated rings. The summed E-state index contributed by atoms with van der Waals surface area (Å²) in [6.45, 7) is 3.90. The molecule has 4 N–H and O–H groups in total. The summed E-state index contributed by atoms with van der Waals surface area (Å²) >= 11 is 0. The summed E-state index contributed by atoms with van der Waals surface area (Å²) in [5, 5.41) is 1.70. The van der Waals surface area contributed by atoms with Crippen LogP contribution in [0.4, 0.5) is 5.69 Å². The summed E-state index contributed by atoms with van der Waals surface area (Å²) in [7, 11) is -0.793. The predicted octanol–water partition coefficient (Wildman–Crippen LogP) is 1.51. The Hall–Kier alpha value is -2.82. The minimum Gasteiger partial charge on any atom is -0.493 e. The molecule has 1 saturated heterocycles. The van der Waals surface area contributed by atoms with Crippen LogP contribution in [0.5, 0.6) is 11.5 Å². The highest BCUT2D eigenvalue weighted by atomic mass is 32.2. The highest BCUT2D eigenvalue weighted by Gasteiger charge is 2.46. The Labute approximate surface area is 182 Å². The van der Waals surface area contributed by atoms with Crippen LogP contribution >= 0.6 is 0 Å². The van der Waals surface area contributed by atoms with Crippen molar-refractivity contribution in [2.45, 2.75) is 31.8 Å². The number of nitrogens with one attached hydrogen (secondary N) is 4. The van der Waals surface area contributed by atoms with Crippen molar-refractivity contribution in [1.29, 1.82) is 0 Å². The van der Waals surface area contributed by atoms with Gasteiger partial charge in [-0.25, -0.2) is 13.8 Å². The fraction of sp³-hybridized carbons (Fsp3) is 0.381. The minimum atomic E-state index is -3.88. The van der Waals surface area contributed by atoms with Gasteiger partial charge >= 0.3 is 0 Å². The number of methoxy groups -OCH3 is 2. The number of carbonyl (C=O) groups excluding carboxylic acids is 1. The monoisotopic (exact) mass is 448 g/mol. The van der Waals surface area contributed by atoms with E-state index in [9.17, 15) is 13.2 Å². The molecule has 1 aliphatic rings. The maximum atomic E-state index is 13.0. The first kappa shape index (κ1) is 22.9. The number of ether oxygens (including phenoxy) is 2. The van der Waals surface area contributed by atoms with E-state index in [0.717, 1.165) is 11.1 Å². The Bertz CT molecular complexity index is 1030. The van der Waals surface area contributed by atoms with Crippen LogP contribution in [-0.4, -0.2) is 40.0 Å². The van der Waals surface area contributed by atoms with Crippen LogP contribution in [-0.2, 0) is 21.4 Å². The molecule has 9 nitrogen and oxygen atoms in total. The second kappa shape index (κ2) is 9.54. The molecule has 31 heavy (non-hydrogen) atoms. The van der Waals surface area contributed by atoms with Gasteiger partial charge in [-0.2, -0.15) is 0 Å². The summed E-state index contributed by atoms with van der Waals surface area (Å²) in [5.74, 6) is -0.0690. The summed E-state index contributed by atoms with van der Waals surface area (Å²) in [4.78, 5) is 12.9. The highest BCUT2D eigenvalue weighted by Crippen LogP contribution is 2.28. The van der Waals surface area contributed by atoms with Gasteiger partial charge in [0.15, 0.2) is 16.9 Å². The highest BCUT2D eigenvalue weighted by molar-refractivity contribution is 7.93. The maximum Gasteiger partial charge on any atom is 0.250 e. The SMILES string of the molecule is COc1ccc(CNC(=O)C2C(C)NNC2S(=O)(=O)Nc2ccc(C)cc2)cc1OC. The molecule has 0 aromatic heterocycles. The molecule has 1 aliphatic heterocycles. The van der Waals surface area contributed by atoms with Crippen LogP contribution in [0.3, 0.4) is 0 Å². The average molecular weight is 449 g/mol. The Morgan fingerprint density at radius 1 is 1.03 bits per heavy atom. The molecule has 10 heteroatoms. The number of hydrogen-bond acceptors (Lipinski definition) is 7. The lowest BCUT2D eigenvalue weighted by molar-refractivity contribution is -0.125. The zero-order chi connectivity index (χ0) is 22.6. The van der Waals surface area contributed by atoms with E-state index in [1.165, 1.54) is 7.11 Å². The molecule has 0 radical (unpaired) electrons. The van der Waals surface area contributed by atoms with E-state index >= 15 is 0 Å². The number of benzene rings is 2. The van der Waals surface area contributed by atoms with Gasteiger partial charge in [-0.1, -0.05) is 23.8 Å². The second-order valence-electron chi connectivity index (χ2n) is 7.44. The van der Waals surface area contributed by atoms with Crippen molar-refractivity contribution in [2.24, 2.45) is 5.92 Å². The van der Waals surface area contributed by atoms with Gasteiger partial charge in [0.1, 0.15) is 0 Å². The lowest BCUT2D eigenvalue weighted by Gasteiger charge is -2.21. The van der Waals surface area contributed by atoms with E-state index in [4.69, 9.17) is 9.47 Å². The number of anilines is 1. The predicted molar refractivity (Wildman–Crippen MR) is 118 cm³/mol. The molecule has 3 unspecified atom stereocenters. The van der Waals surface area contributed by atoms with E-state index in [0.29, 0.717) is 17.2 Å². The third-order valence-corrected chi connectivity index (χ3v) is 6.78. The van der Waals surface area contributed by atoms with E-state index in [2.05, 4.69) is 20.9 Å². The van der Waals surface area contributed by atoms with Crippen LogP contribution in [0.25, 0.3) is 0 Å². The molecule has 3 atom stereocenters. The second-order valence-corrected chi connectivity index (χ2v) is 9.25. The molecule has 168 valence electrons. The fourth-order valence-corrected chi connectivity index (χ4v) is 5.00. The van der Waals surface area contributed by atoms with Crippen molar-refractivity contribution in [3.05, 3.63) is 53.6 Å². The number of rotatable bonds is 8. The van der Waals surface area contributed by atoms with E-state index in [1.807, 2.05) is 25.1 Å². The zero-order valence-corrected chi connectivity index (χ0v) is 18.7. The summed E-state index contributed by atoms with van der Waals surface area (Å²) in [6.07, 6.45) is 0. The Morgan fingerprint density at radius 3 is 2.35 bits per heavy atom. The van der Waals surface area contributed by atoms with Gasteiger partial charge in [0.25, 0.3) is 10.0 Å². The first-order valence-electron chi connectivity index (χ1n) is 9.83.